The Morgan fingerprint density at radius 3 is 2.53 bits per heavy atom. The Hall–Kier alpha value is -1.30. The molecule has 0 saturated heterocycles. The lowest BCUT2D eigenvalue weighted by molar-refractivity contribution is 0.0169. The molecule has 2 rings (SSSR count). The Balaban J connectivity index is 1.80. The number of rotatable bonds is 4. The van der Waals surface area contributed by atoms with Crippen LogP contribution < -0.4 is 0 Å². The van der Waals surface area contributed by atoms with Gasteiger partial charge in [-0.3, -0.25) is 0 Å². The minimum atomic E-state index is 0.125. The predicted molar refractivity (Wildman–Crippen MR) is 76.7 cm³/mol. The standard InChI is InChI=1S/C17H22O2/c18-13-5-4-6-15-9-11-16(12-10-15)14-19-17-7-2-1-3-8-17/h9-12,17-18H,1-3,5,7-8,13-14H2. The van der Waals surface area contributed by atoms with E-state index in [1.807, 2.05) is 12.1 Å². The van der Waals surface area contributed by atoms with Gasteiger partial charge in [-0.05, 0) is 30.5 Å². The van der Waals surface area contributed by atoms with Gasteiger partial charge in [0.1, 0.15) is 0 Å². The number of aliphatic hydroxyl groups is 1. The average Bonchev–Trinajstić information content (AvgIpc) is 2.48. The van der Waals surface area contributed by atoms with Crippen molar-refractivity contribution >= 4 is 0 Å². The van der Waals surface area contributed by atoms with Crippen LogP contribution in [0.3, 0.4) is 0 Å². The molecular weight excluding hydrogens is 236 g/mol. The minimum Gasteiger partial charge on any atom is -0.395 e. The van der Waals surface area contributed by atoms with Crippen LogP contribution >= 0.6 is 0 Å². The molecule has 1 saturated carbocycles. The molecule has 102 valence electrons. The van der Waals surface area contributed by atoms with E-state index in [0.29, 0.717) is 19.1 Å². The number of benzene rings is 1. The van der Waals surface area contributed by atoms with Crippen LogP contribution in [0.1, 0.15) is 49.7 Å². The van der Waals surface area contributed by atoms with Crippen molar-refractivity contribution in [3.05, 3.63) is 35.4 Å². The van der Waals surface area contributed by atoms with Crippen molar-refractivity contribution in [3.8, 4) is 11.8 Å². The monoisotopic (exact) mass is 258 g/mol. The van der Waals surface area contributed by atoms with Crippen LogP contribution in [-0.4, -0.2) is 17.8 Å². The summed E-state index contributed by atoms with van der Waals surface area (Å²) < 4.78 is 5.94. The van der Waals surface area contributed by atoms with E-state index in [1.54, 1.807) is 0 Å². The van der Waals surface area contributed by atoms with E-state index in [2.05, 4.69) is 24.0 Å². The van der Waals surface area contributed by atoms with Crippen LogP contribution in [0.2, 0.25) is 0 Å². The van der Waals surface area contributed by atoms with E-state index >= 15 is 0 Å². The van der Waals surface area contributed by atoms with Gasteiger partial charge in [-0.15, -0.1) is 0 Å². The lowest BCUT2D eigenvalue weighted by atomic mass is 9.98. The van der Waals surface area contributed by atoms with Crippen LogP contribution in [0.25, 0.3) is 0 Å². The van der Waals surface area contributed by atoms with Crippen molar-refractivity contribution < 1.29 is 9.84 Å². The van der Waals surface area contributed by atoms with Crippen LogP contribution in [0.5, 0.6) is 0 Å². The third-order valence-electron chi connectivity index (χ3n) is 3.46. The Kier molecular flexibility index (Phi) is 5.94. The smallest absolute Gasteiger partial charge is 0.0720 e. The first-order valence-electron chi connectivity index (χ1n) is 7.19. The van der Waals surface area contributed by atoms with Crippen molar-refractivity contribution in [2.45, 2.75) is 51.2 Å². The average molecular weight is 258 g/mol. The predicted octanol–water partition coefficient (Wildman–Crippen LogP) is 3.27. The van der Waals surface area contributed by atoms with Crippen molar-refractivity contribution in [1.29, 1.82) is 0 Å². The SMILES string of the molecule is OCCC#Cc1ccc(COC2CCCCC2)cc1. The van der Waals surface area contributed by atoms with E-state index in [-0.39, 0.29) is 6.61 Å². The highest BCUT2D eigenvalue weighted by Crippen LogP contribution is 2.21. The number of aliphatic hydroxyl groups excluding tert-OH is 1. The molecule has 0 amide bonds. The number of hydrogen-bond acceptors (Lipinski definition) is 2. The molecule has 0 radical (unpaired) electrons. The second-order valence-electron chi connectivity index (χ2n) is 5.04. The molecule has 1 aliphatic carbocycles. The van der Waals surface area contributed by atoms with E-state index < -0.39 is 0 Å². The molecule has 0 atom stereocenters. The van der Waals surface area contributed by atoms with Gasteiger partial charge < -0.3 is 9.84 Å². The summed E-state index contributed by atoms with van der Waals surface area (Å²) in [5, 5.41) is 8.66. The molecule has 0 aliphatic heterocycles. The molecule has 1 aromatic carbocycles. The van der Waals surface area contributed by atoms with E-state index in [1.165, 1.54) is 37.7 Å². The van der Waals surface area contributed by atoms with Gasteiger partial charge in [-0.1, -0.05) is 43.2 Å². The normalized spacial score (nSPS) is 15.8. The molecule has 19 heavy (non-hydrogen) atoms. The van der Waals surface area contributed by atoms with Crippen LogP contribution in [0.15, 0.2) is 24.3 Å². The Labute approximate surface area is 115 Å². The van der Waals surface area contributed by atoms with Crippen LogP contribution in [-0.2, 0) is 11.3 Å². The van der Waals surface area contributed by atoms with Gasteiger partial charge in [0.25, 0.3) is 0 Å². The van der Waals surface area contributed by atoms with Crippen molar-refractivity contribution in [1.82, 2.24) is 0 Å². The van der Waals surface area contributed by atoms with Crippen LogP contribution in [0, 0.1) is 11.8 Å². The molecule has 0 unspecified atom stereocenters. The second kappa shape index (κ2) is 7.99. The third-order valence-corrected chi connectivity index (χ3v) is 3.46. The highest BCUT2D eigenvalue weighted by Gasteiger charge is 2.13. The largest absolute Gasteiger partial charge is 0.395 e. The zero-order valence-electron chi connectivity index (χ0n) is 11.4. The minimum absolute atomic E-state index is 0.125. The van der Waals surface area contributed by atoms with Gasteiger partial charge in [0.15, 0.2) is 0 Å². The summed E-state index contributed by atoms with van der Waals surface area (Å²) in [7, 11) is 0. The zero-order valence-corrected chi connectivity index (χ0v) is 11.4. The molecule has 1 aliphatic rings. The fraction of sp³-hybridized carbons (Fsp3) is 0.529. The van der Waals surface area contributed by atoms with Gasteiger partial charge in [-0.2, -0.15) is 0 Å². The summed E-state index contributed by atoms with van der Waals surface area (Å²) in [6.45, 7) is 0.829. The first kappa shape index (κ1) is 14.1. The Bertz CT molecular complexity index is 419. The fourth-order valence-electron chi connectivity index (χ4n) is 2.35. The first-order valence-corrected chi connectivity index (χ1v) is 7.19. The van der Waals surface area contributed by atoms with Gasteiger partial charge in [0.05, 0.1) is 19.3 Å². The van der Waals surface area contributed by atoms with Crippen molar-refractivity contribution in [2.75, 3.05) is 6.61 Å². The molecule has 0 spiro atoms. The summed E-state index contributed by atoms with van der Waals surface area (Å²) in [6.07, 6.45) is 7.40. The van der Waals surface area contributed by atoms with Crippen LogP contribution in [0.4, 0.5) is 0 Å². The quantitative estimate of drug-likeness (QED) is 0.840. The van der Waals surface area contributed by atoms with E-state index in [0.717, 1.165) is 5.56 Å². The maximum absolute atomic E-state index is 8.66. The third kappa shape index (κ3) is 5.06. The van der Waals surface area contributed by atoms with E-state index in [9.17, 15) is 0 Å². The molecule has 1 aromatic rings. The molecule has 1 N–H and O–H groups in total. The molecule has 0 heterocycles. The number of ether oxygens (including phenoxy) is 1. The maximum atomic E-state index is 8.66. The summed E-state index contributed by atoms with van der Waals surface area (Å²) in [5.74, 6) is 5.95. The second-order valence-corrected chi connectivity index (χ2v) is 5.04. The fourth-order valence-corrected chi connectivity index (χ4v) is 2.35. The molecule has 0 bridgehead atoms. The summed E-state index contributed by atoms with van der Waals surface area (Å²) >= 11 is 0. The van der Waals surface area contributed by atoms with E-state index in [4.69, 9.17) is 9.84 Å². The molecule has 2 nitrogen and oxygen atoms in total. The maximum Gasteiger partial charge on any atom is 0.0720 e. The highest BCUT2D eigenvalue weighted by atomic mass is 16.5. The topological polar surface area (TPSA) is 29.5 Å². The molecule has 1 fully saturated rings. The van der Waals surface area contributed by atoms with Gasteiger partial charge >= 0.3 is 0 Å². The summed E-state index contributed by atoms with van der Waals surface area (Å²) in [5.41, 5.74) is 2.20. The molecular formula is C17H22O2. The van der Waals surface area contributed by atoms with Gasteiger partial charge in [0, 0.05) is 12.0 Å². The van der Waals surface area contributed by atoms with Gasteiger partial charge in [-0.25, -0.2) is 0 Å². The lowest BCUT2D eigenvalue weighted by Crippen LogP contribution is -2.16. The van der Waals surface area contributed by atoms with Gasteiger partial charge in [0.2, 0.25) is 0 Å². The Morgan fingerprint density at radius 1 is 1.11 bits per heavy atom. The Morgan fingerprint density at radius 2 is 1.84 bits per heavy atom. The molecule has 2 heteroatoms. The highest BCUT2D eigenvalue weighted by molar-refractivity contribution is 5.35. The lowest BCUT2D eigenvalue weighted by Gasteiger charge is -2.21. The van der Waals surface area contributed by atoms with Crippen molar-refractivity contribution in [2.24, 2.45) is 0 Å². The van der Waals surface area contributed by atoms with Crippen molar-refractivity contribution in [3.63, 3.8) is 0 Å². The molecule has 0 aromatic heterocycles. The summed E-state index contributed by atoms with van der Waals surface area (Å²) in [4.78, 5) is 0. The zero-order chi connectivity index (χ0) is 13.3. The summed E-state index contributed by atoms with van der Waals surface area (Å²) in [6, 6.07) is 8.19. The number of hydrogen-bond donors (Lipinski definition) is 1. The first-order chi connectivity index (χ1) is 9.38.